The number of halogens is 1. The molecule has 156 valence electrons. The summed E-state index contributed by atoms with van der Waals surface area (Å²) < 4.78 is 17.7. The van der Waals surface area contributed by atoms with Crippen molar-refractivity contribution >= 4 is 11.9 Å². The summed E-state index contributed by atoms with van der Waals surface area (Å²) in [6.45, 7) is 2.34. The highest BCUT2D eigenvalue weighted by Gasteiger charge is 2.28. The lowest BCUT2D eigenvalue weighted by Crippen LogP contribution is -2.49. The summed E-state index contributed by atoms with van der Waals surface area (Å²) in [5, 5.41) is 4.36. The fourth-order valence-corrected chi connectivity index (χ4v) is 3.75. The monoisotopic (exact) mass is 417 g/mol. The number of carbonyl (C=O) groups excluding carboxylic acids is 1. The summed E-state index contributed by atoms with van der Waals surface area (Å²) in [5.41, 5.74) is 0.708. The molecule has 0 saturated carbocycles. The third-order valence-corrected chi connectivity index (χ3v) is 5.31. The second-order valence-electron chi connectivity index (χ2n) is 7.16. The summed E-state index contributed by atoms with van der Waals surface area (Å²) in [7, 11) is 0. The Hall–Kier alpha value is -4.01. The van der Waals surface area contributed by atoms with Crippen molar-refractivity contribution in [3.63, 3.8) is 0 Å². The second-order valence-corrected chi connectivity index (χ2v) is 7.16. The van der Waals surface area contributed by atoms with E-state index in [1.807, 2.05) is 24.5 Å². The summed E-state index contributed by atoms with van der Waals surface area (Å²) >= 11 is 0. The maximum absolute atomic E-state index is 14.5. The van der Waals surface area contributed by atoms with Crippen molar-refractivity contribution in [2.45, 2.75) is 0 Å². The van der Waals surface area contributed by atoms with E-state index in [0.29, 0.717) is 43.5 Å². The highest BCUT2D eigenvalue weighted by Crippen LogP contribution is 2.23. The van der Waals surface area contributed by atoms with Crippen LogP contribution in [-0.4, -0.2) is 61.3 Å². The van der Waals surface area contributed by atoms with Gasteiger partial charge in [-0.3, -0.25) is 4.79 Å². The number of nitrogens with zero attached hydrogens (tertiary/aromatic N) is 7. The summed E-state index contributed by atoms with van der Waals surface area (Å²) in [5.74, 6) is 0.623. The van der Waals surface area contributed by atoms with Gasteiger partial charge in [0.15, 0.2) is 5.82 Å². The quantitative estimate of drug-likeness (QED) is 0.510. The van der Waals surface area contributed by atoms with Crippen molar-refractivity contribution in [2.24, 2.45) is 0 Å². The molecule has 4 aromatic rings. The predicted octanol–water partition coefficient (Wildman–Crippen LogP) is 2.55. The number of para-hydroxylation sites is 1. The molecule has 1 amide bonds. The Bertz CT molecular complexity index is 1180. The van der Waals surface area contributed by atoms with E-state index >= 15 is 0 Å². The molecule has 8 nitrogen and oxygen atoms in total. The second kappa shape index (κ2) is 8.02. The van der Waals surface area contributed by atoms with Crippen LogP contribution in [0.3, 0.4) is 0 Å². The maximum Gasteiger partial charge on any atom is 0.259 e. The number of hydrogen-bond donors (Lipinski definition) is 0. The van der Waals surface area contributed by atoms with E-state index in [-0.39, 0.29) is 11.6 Å². The van der Waals surface area contributed by atoms with E-state index in [1.54, 1.807) is 46.1 Å². The van der Waals surface area contributed by atoms with Crippen molar-refractivity contribution in [2.75, 3.05) is 31.1 Å². The first kappa shape index (κ1) is 19.0. The lowest BCUT2D eigenvalue weighted by atomic mass is 10.2. The van der Waals surface area contributed by atoms with Crippen molar-refractivity contribution in [1.29, 1.82) is 0 Å². The fraction of sp³-hybridized carbons (Fsp3) is 0.182. The van der Waals surface area contributed by atoms with Gasteiger partial charge < -0.3 is 14.4 Å². The molecule has 0 aliphatic carbocycles. The van der Waals surface area contributed by atoms with Gasteiger partial charge >= 0.3 is 0 Å². The van der Waals surface area contributed by atoms with Gasteiger partial charge in [0, 0.05) is 51.0 Å². The molecule has 0 N–H and O–H groups in total. The van der Waals surface area contributed by atoms with Crippen LogP contribution in [-0.2, 0) is 0 Å². The van der Waals surface area contributed by atoms with Gasteiger partial charge in [-0.2, -0.15) is 5.10 Å². The highest BCUT2D eigenvalue weighted by atomic mass is 19.1. The Kier molecular flexibility index (Phi) is 4.91. The number of amides is 1. The molecular weight excluding hydrogens is 397 g/mol. The van der Waals surface area contributed by atoms with Crippen LogP contribution < -0.4 is 4.90 Å². The molecule has 5 rings (SSSR count). The van der Waals surface area contributed by atoms with Crippen LogP contribution in [0.5, 0.6) is 0 Å². The van der Waals surface area contributed by atoms with Gasteiger partial charge in [-0.1, -0.05) is 12.1 Å². The molecule has 9 heteroatoms. The molecule has 1 aromatic carbocycles. The van der Waals surface area contributed by atoms with Crippen LogP contribution in [0.4, 0.5) is 10.3 Å². The van der Waals surface area contributed by atoms with Gasteiger partial charge in [0.05, 0.1) is 6.20 Å². The standard InChI is InChI=1S/C22H20FN7O/c23-18-6-1-2-7-19(18)30-20(27-10-3-4-11-27)17(16-26-30)21(31)28-12-14-29(15-13-28)22-24-8-5-9-25-22/h1-11,16H,12-15H2. The zero-order chi connectivity index (χ0) is 21.2. The van der Waals surface area contributed by atoms with E-state index in [0.717, 1.165) is 0 Å². The van der Waals surface area contributed by atoms with E-state index in [1.165, 1.54) is 16.9 Å². The van der Waals surface area contributed by atoms with E-state index < -0.39 is 5.82 Å². The average molecular weight is 417 g/mol. The van der Waals surface area contributed by atoms with E-state index in [9.17, 15) is 9.18 Å². The first-order valence-electron chi connectivity index (χ1n) is 10.00. The zero-order valence-electron chi connectivity index (χ0n) is 16.7. The van der Waals surface area contributed by atoms with Crippen LogP contribution in [0, 0.1) is 5.82 Å². The minimum Gasteiger partial charge on any atom is -0.337 e. The number of carbonyl (C=O) groups is 1. The Morgan fingerprint density at radius 1 is 0.903 bits per heavy atom. The number of piperazine rings is 1. The molecular formula is C22H20FN7O. The van der Waals surface area contributed by atoms with Crippen LogP contribution in [0.15, 0.2) is 73.4 Å². The first-order chi connectivity index (χ1) is 15.2. The Morgan fingerprint density at radius 2 is 1.61 bits per heavy atom. The lowest BCUT2D eigenvalue weighted by Gasteiger charge is -2.34. The molecule has 1 aliphatic heterocycles. The van der Waals surface area contributed by atoms with Gasteiger partial charge in [0.2, 0.25) is 5.95 Å². The highest BCUT2D eigenvalue weighted by molar-refractivity contribution is 5.97. The molecule has 4 heterocycles. The molecule has 0 radical (unpaired) electrons. The smallest absolute Gasteiger partial charge is 0.259 e. The Labute approximate surface area is 178 Å². The van der Waals surface area contributed by atoms with E-state index in [4.69, 9.17) is 0 Å². The predicted molar refractivity (Wildman–Crippen MR) is 113 cm³/mol. The largest absolute Gasteiger partial charge is 0.337 e. The number of hydrogen-bond acceptors (Lipinski definition) is 5. The third kappa shape index (κ3) is 3.54. The lowest BCUT2D eigenvalue weighted by molar-refractivity contribution is 0.0746. The minimum atomic E-state index is -0.408. The Morgan fingerprint density at radius 3 is 2.32 bits per heavy atom. The number of anilines is 1. The van der Waals surface area contributed by atoms with Crippen LogP contribution >= 0.6 is 0 Å². The molecule has 0 bridgehead atoms. The van der Waals surface area contributed by atoms with Crippen molar-refractivity contribution < 1.29 is 9.18 Å². The average Bonchev–Trinajstić information content (AvgIpc) is 3.49. The first-order valence-corrected chi connectivity index (χ1v) is 10.00. The fourth-order valence-electron chi connectivity index (χ4n) is 3.75. The molecule has 31 heavy (non-hydrogen) atoms. The SMILES string of the molecule is O=C(c1cnn(-c2ccccc2F)c1-n1cccc1)N1CCN(c2ncccn2)CC1. The van der Waals surface area contributed by atoms with E-state index in [2.05, 4.69) is 20.0 Å². The van der Waals surface area contributed by atoms with Gasteiger partial charge in [-0.25, -0.2) is 19.0 Å². The van der Waals surface area contributed by atoms with Gasteiger partial charge in [-0.15, -0.1) is 0 Å². The number of benzene rings is 1. The summed E-state index contributed by atoms with van der Waals surface area (Å²) in [4.78, 5) is 25.8. The summed E-state index contributed by atoms with van der Waals surface area (Å²) in [6.07, 6.45) is 8.56. The van der Waals surface area contributed by atoms with Gasteiger partial charge in [0.25, 0.3) is 5.91 Å². The zero-order valence-corrected chi connectivity index (χ0v) is 16.7. The molecule has 3 aromatic heterocycles. The molecule has 0 spiro atoms. The molecule has 1 fully saturated rings. The maximum atomic E-state index is 14.5. The molecule has 0 atom stereocenters. The van der Waals surface area contributed by atoms with Crippen molar-refractivity contribution in [3.05, 3.63) is 84.8 Å². The molecule has 1 aliphatic rings. The normalized spacial score (nSPS) is 14.1. The Balaban J connectivity index is 1.44. The topological polar surface area (TPSA) is 72.1 Å². The van der Waals surface area contributed by atoms with Crippen LogP contribution in [0.1, 0.15) is 10.4 Å². The molecule has 1 saturated heterocycles. The van der Waals surface area contributed by atoms with Crippen LogP contribution in [0.25, 0.3) is 11.5 Å². The summed E-state index contributed by atoms with van der Waals surface area (Å²) in [6, 6.07) is 11.9. The number of rotatable bonds is 4. The van der Waals surface area contributed by atoms with Crippen molar-refractivity contribution in [3.8, 4) is 11.5 Å². The van der Waals surface area contributed by atoms with Gasteiger partial charge in [-0.05, 0) is 30.3 Å². The van der Waals surface area contributed by atoms with Crippen LogP contribution in [0.2, 0.25) is 0 Å². The third-order valence-electron chi connectivity index (χ3n) is 5.31. The molecule has 0 unspecified atom stereocenters. The van der Waals surface area contributed by atoms with Gasteiger partial charge in [0.1, 0.15) is 17.1 Å². The number of aromatic nitrogens is 5. The minimum absolute atomic E-state index is 0.139. The van der Waals surface area contributed by atoms with Crippen molar-refractivity contribution in [1.82, 2.24) is 29.2 Å².